The van der Waals surface area contributed by atoms with E-state index in [0.29, 0.717) is 22.6 Å². The molecule has 0 unspecified atom stereocenters. The first kappa shape index (κ1) is 35.6. The largest absolute Gasteiger partial charge is 0.497 e. The van der Waals surface area contributed by atoms with E-state index in [-0.39, 0.29) is 29.7 Å². The highest BCUT2D eigenvalue weighted by Gasteiger charge is 2.69. The number of nitrogens with one attached hydrogen (secondary N) is 1. The van der Waals surface area contributed by atoms with Crippen LogP contribution in [0.1, 0.15) is 31.8 Å². The number of ether oxygens (including phenoxy) is 4. The number of esters is 3. The summed E-state index contributed by atoms with van der Waals surface area (Å²) in [6.45, 7) is 0. The van der Waals surface area contributed by atoms with E-state index in [1.807, 2.05) is 0 Å². The first-order valence-electron chi connectivity index (χ1n) is 17.4. The van der Waals surface area contributed by atoms with E-state index in [4.69, 9.17) is 18.9 Å². The van der Waals surface area contributed by atoms with E-state index in [1.54, 1.807) is 42.5 Å². The van der Waals surface area contributed by atoms with Crippen LogP contribution in [0, 0.1) is 17.3 Å². The zero-order valence-electron chi connectivity index (χ0n) is 30.0. The number of fused-ring (bicyclic) bond motifs is 3. The molecule has 1 aliphatic carbocycles. The van der Waals surface area contributed by atoms with Crippen molar-refractivity contribution >= 4 is 58.8 Å². The van der Waals surface area contributed by atoms with E-state index in [9.17, 15) is 38.4 Å². The van der Waals surface area contributed by atoms with Crippen molar-refractivity contribution in [3.05, 3.63) is 89.0 Å². The fraction of sp³-hybridized carbons (Fsp3) is 0.333. The zero-order valence-corrected chi connectivity index (χ0v) is 30.0. The standard InChI is InChI=1S/C39H34N4O12/c1-52-22-13-11-20(12-14-22)41-29(30(35(41)48)43-31(44)23-7-5-6-8-24(23)32(43)45)27-25-26(28(40-27)36(49)53-2)34(47)42(33(25)46)21-10-9-18-16-39(37(50)54-3,38(51)55-4)17-19(18)15-21/h5-15,25-30,40H,16-17H2,1-4H3/t25-,26+,27-,28+,29+,30-/m1/s1. The average Bonchev–Trinajstić information content (AvgIpc) is 3.92. The second-order valence-electron chi connectivity index (χ2n) is 14.0. The molecule has 6 atom stereocenters. The number of carbonyl (C=O) groups excluding carboxylic acids is 8. The highest BCUT2D eigenvalue weighted by molar-refractivity contribution is 6.26. The second kappa shape index (κ2) is 12.9. The summed E-state index contributed by atoms with van der Waals surface area (Å²) in [4.78, 5) is 113. The number of β-lactam (4-membered cyclic amide) rings is 1. The number of hydrogen-bond acceptors (Lipinski definition) is 13. The topological polar surface area (TPSA) is 195 Å². The molecule has 3 aromatic carbocycles. The molecule has 16 heteroatoms. The fourth-order valence-corrected chi connectivity index (χ4v) is 8.94. The van der Waals surface area contributed by atoms with E-state index in [0.717, 1.165) is 31.1 Å². The molecule has 0 saturated carbocycles. The van der Waals surface area contributed by atoms with E-state index in [1.165, 1.54) is 36.3 Å². The van der Waals surface area contributed by atoms with Crippen molar-refractivity contribution < 1.29 is 57.3 Å². The lowest BCUT2D eigenvalue weighted by Gasteiger charge is -2.52. The highest BCUT2D eigenvalue weighted by Crippen LogP contribution is 2.48. The third-order valence-corrected chi connectivity index (χ3v) is 11.5. The van der Waals surface area contributed by atoms with Crippen molar-refractivity contribution in [1.82, 2.24) is 10.2 Å². The van der Waals surface area contributed by atoms with Crippen LogP contribution in [-0.2, 0) is 55.8 Å². The van der Waals surface area contributed by atoms with Crippen molar-refractivity contribution in [1.29, 1.82) is 0 Å². The molecule has 3 fully saturated rings. The van der Waals surface area contributed by atoms with Gasteiger partial charge in [0, 0.05) is 11.7 Å². The normalized spacial score (nSPS) is 26.0. The van der Waals surface area contributed by atoms with Crippen LogP contribution in [0.2, 0.25) is 0 Å². The third kappa shape index (κ3) is 4.93. The fourth-order valence-electron chi connectivity index (χ4n) is 8.94. The molecule has 8 rings (SSSR count). The predicted molar refractivity (Wildman–Crippen MR) is 188 cm³/mol. The Hall–Kier alpha value is -6.42. The first-order valence-corrected chi connectivity index (χ1v) is 17.4. The van der Waals surface area contributed by atoms with Gasteiger partial charge in [0.1, 0.15) is 17.8 Å². The molecular formula is C39H34N4O12. The summed E-state index contributed by atoms with van der Waals surface area (Å²) in [6, 6.07) is 12.2. The quantitative estimate of drug-likeness (QED) is 0.112. The molecular weight excluding hydrogens is 716 g/mol. The number of amides is 5. The Balaban J connectivity index is 1.19. The van der Waals surface area contributed by atoms with Gasteiger partial charge in [0.2, 0.25) is 11.8 Å². The lowest BCUT2D eigenvalue weighted by atomic mass is 9.78. The van der Waals surface area contributed by atoms with Crippen LogP contribution in [0.5, 0.6) is 5.75 Å². The van der Waals surface area contributed by atoms with Crippen LogP contribution >= 0.6 is 0 Å². The van der Waals surface area contributed by atoms with Crippen LogP contribution in [-0.4, -0.2) is 105 Å². The SMILES string of the molecule is COC(=O)[C@H]1N[C@@H]([C@H]2[C@@H](N3C(=O)c4ccccc4C3=O)C(=O)N2c2ccc(OC)cc2)[C@@H]2C(=O)N(c3ccc4c(c3)CC(C(=O)OC)(C(=O)OC)C4)C(=O)[C@@H]21. The van der Waals surface area contributed by atoms with Gasteiger partial charge in [-0.25, -0.2) is 4.90 Å². The minimum absolute atomic E-state index is 0.0262. The van der Waals surface area contributed by atoms with Gasteiger partial charge in [0.25, 0.3) is 17.7 Å². The van der Waals surface area contributed by atoms with E-state index < -0.39 is 88.9 Å². The van der Waals surface area contributed by atoms with Crippen molar-refractivity contribution in [2.45, 2.75) is 37.0 Å². The molecule has 4 aliphatic heterocycles. The molecule has 55 heavy (non-hydrogen) atoms. The Labute approximate surface area is 313 Å². The summed E-state index contributed by atoms with van der Waals surface area (Å²) < 4.78 is 20.3. The molecule has 1 N–H and O–H groups in total. The third-order valence-electron chi connectivity index (χ3n) is 11.5. The van der Waals surface area contributed by atoms with Crippen LogP contribution < -0.4 is 19.9 Å². The van der Waals surface area contributed by atoms with Gasteiger partial charge in [0.05, 0.1) is 63.1 Å². The number of imide groups is 2. The van der Waals surface area contributed by atoms with E-state index >= 15 is 0 Å². The number of benzene rings is 3. The lowest BCUT2D eigenvalue weighted by molar-refractivity contribution is -0.168. The van der Waals surface area contributed by atoms with Gasteiger partial charge in [-0.2, -0.15) is 0 Å². The number of hydrogen-bond donors (Lipinski definition) is 1. The smallest absolute Gasteiger partial charge is 0.323 e. The highest BCUT2D eigenvalue weighted by atomic mass is 16.5. The Kier molecular flexibility index (Phi) is 8.33. The molecule has 0 bridgehead atoms. The summed E-state index contributed by atoms with van der Waals surface area (Å²) in [6.07, 6.45) is -0.141. The van der Waals surface area contributed by atoms with Gasteiger partial charge in [-0.3, -0.25) is 48.6 Å². The predicted octanol–water partition coefficient (Wildman–Crippen LogP) is 0.825. The zero-order chi connectivity index (χ0) is 39.1. The molecule has 0 radical (unpaired) electrons. The van der Waals surface area contributed by atoms with E-state index in [2.05, 4.69) is 5.32 Å². The van der Waals surface area contributed by atoms with Crippen LogP contribution in [0.15, 0.2) is 66.7 Å². The van der Waals surface area contributed by atoms with Crippen molar-refractivity contribution in [3.8, 4) is 5.75 Å². The van der Waals surface area contributed by atoms with Crippen molar-refractivity contribution in [3.63, 3.8) is 0 Å². The van der Waals surface area contributed by atoms with Gasteiger partial charge in [0.15, 0.2) is 5.41 Å². The molecule has 3 aromatic rings. The number of nitrogens with zero attached hydrogens (tertiary/aromatic N) is 3. The molecule has 4 heterocycles. The number of carbonyl (C=O) groups is 8. The second-order valence-corrected chi connectivity index (χ2v) is 14.0. The Bertz CT molecular complexity index is 2190. The molecule has 3 saturated heterocycles. The van der Waals surface area contributed by atoms with Crippen LogP contribution in [0.4, 0.5) is 11.4 Å². The maximum atomic E-state index is 14.7. The summed E-state index contributed by atoms with van der Waals surface area (Å²) in [5.74, 6) is -7.95. The molecule has 0 aromatic heterocycles. The molecule has 0 spiro atoms. The monoisotopic (exact) mass is 750 g/mol. The van der Waals surface area contributed by atoms with Crippen LogP contribution in [0.25, 0.3) is 0 Å². The molecule has 16 nitrogen and oxygen atoms in total. The average molecular weight is 751 g/mol. The summed E-state index contributed by atoms with van der Waals surface area (Å²) >= 11 is 0. The van der Waals surface area contributed by atoms with Crippen LogP contribution in [0.3, 0.4) is 0 Å². The Morgan fingerprint density at radius 2 is 1.25 bits per heavy atom. The summed E-state index contributed by atoms with van der Waals surface area (Å²) in [5.41, 5.74) is 0.171. The maximum Gasteiger partial charge on any atom is 0.323 e. The number of anilines is 2. The molecule has 5 amide bonds. The molecule has 5 aliphatic rings. The number of methoxy groups -OCH3 is 4. The Morgan fingerprint density at radius 3 is 1.84 bits per heavy atom. The first-order chi connectivity index (χ1) is 26.4. The van der Waals surface area contributed by atoms with Gasteiger partial charge >= 0.3 is 17.9 Å². The summed E-state index contributed by atoms with van der Waals surface area (Å²) in [7, 11) is 4.94. The maximum absolute atomic E-state index is 14.7. The van der Waals surface area contributed by atoms with Gasteiger partial charge < -0.3 is 23.8 Å². The van der Waals surface area contributed by atoms with Crippen molar-refractivity contribution in [2.24, 2.45) is 17.3 Å². The molecule has 282 valence electrons. The summed E-state index contributed by atoms with van der Waals surface area (Å²) in [5, 5.41) is 3.10. The minimum atomic E-state index is -1.66. The minimum Gasteiger partial charge on any atom is -0.497 e. The van der Waals surface area contributed by atoms with Gasteiger partial charge in [-0.15, -0.1) is 0 Å². The Morgan fingerprint density at radius 1 is 0.673 bits per heavy atom. The lowest BCUT2D eigenvalue weighted by Crippen LogP contribution is -2.77. The van der Waals surface area contributed by atoms with Gasteiger partial charge in [-0.05, 0) is 72.5 Å². The van der Waals surface area contributed by atoms with Crippen molar-refractivity contribution in [2.75, 3.05) is 38.2 Å². The number of rotatable bonds is 8. The van der Waals surface area contributed by atoms with Gasteiger partial charge in [-0.1, -0.05) is 18.2 Å².